The SMILES string of the molecule is COc1cc2c(cc1C(=O)C1CCC(Cc3ccc(C)cc3)CC1)C(C(=O)C(=O)C1CCC(C)CC1)=CC2. The first kappa shape index (κ1) is 26.6. The standard InChI is InChI=1S/C34H40O4/c1-21-4-8-23(9-5-21)18-24-10-14-25(15-11-24)32(35)30-20-29-27(19-31(30)38-3)16-17-28(29)34(37)33(36)26-12-6-22(2)7-13-26/h4-5,8-9,17,19-20,22,24-26H,6-7,10-16,18H2,1-3H3. The van der Waals surface area contributed by atoms with Gasteiger partial charge in [0.15, 0.2) is 5.78 Å². The smallest absolute Gasteiger partial charge is 0.229 e. The van der Waals surface area contributed by atoms with Crippen LogP contribution >= 0.6 is 0 Å². The molecule has 2 saturated carbocycles. The zero-order chi connectivity index (χ0) is 26.8. The van der Waals surface area contributed by atoms with Gasteiger partial charge in [0.2, 0.25) is 11.6 Å². The van der Waals surface area contributed by atoms with Crippen LogP contribution in [0.2, 0.25) is 0 Å². The van der Waals surface area contributed by atoms with Gasteiger partial charge in [0.05, 0.1) is 12.7 Å². The topological polar surface area (TPSA) is 60.4 Å². The zero-order valence-corrected chi connectivity index (χ0v) is 23.1. The van der Waals surface area contributed by atoms with E-state index in [0.717, 1.165) is 68.9 Å². The number of hydrogen-bond acceptors (Lipinski definition) is 4. The van der Waals surface area contributed by atoms with Gasteiger partial charge in [-0.25, -0.2) is 0 Å². The molecular formula is C34H40O4. The van der Waals surface area contributed by atoms with Crippen LogP contribution in [0.25, 0.3) is 5.57 Å². The van der Waals surface area contributed by atoms with Crippen LogP contribution in [0.5, 0.6) is 5.75 Å². The van der Waals surface area contributed by atoms with Crippen LogP contribution in [0.15, 0.2) is 42.5 Å². The van der Waals surface area contributed by atoms with Gasteiger partial charge in [0.1, 0.15) is 5.75 Å². The average Bonchev–Trinajstić information content (AvgIpc) is 3.36. The summed E-state index contributed by atoms with van der Waals surface area (Å²) < 4.78 is 5.64. The Kier molecular flexibility index (Phi) is 7.97. The number of methoxy groups -OCH3 is 1. The van der Waals surface area contributed by atoms with Gasteiger partial charge in [-0.05, 0) is 98.9 Å². The largest absolute Gasteiger partial charge is 0.496 e. The summed E-state index contributed by atoms with van der Waals surface area (Å²) in [5.41, 5.74) is 5.36. The van der Waals surface area contributed by atoms with Gasteiger partial charge in [0.25, 0.3) is 0 Å². The van der Waals surface area contributed by atoms with Crippen molar-refractivity contribution in [3.05, 3.63) is 70.3 Å². The minimum absolute atomic E-state index is 0.0355. The summed E-state index contributed by atoms with van der Waals surface area (Å²) in [5.74, 6) is 1.05. The van der Waals surface area contributed by atoms with E-state index < -0.39 is 0 Å². The second-order valence-corrected chi connectivity index (χ2v) is 12.0. The number of fused-ring (bicyclic) bond motifs is 1. The monoisotopic (exact) mass is 512 g/mol. The number of Topliss-reactive ketones (excluding diaryl/α,β-unsaturated/α-hetero) is 3. The molecule has 0 bridgehead atoms. The number of rotatable bonds is 8. The molecule has 0 aliphatic heterocycles. The molecule has 4 nitrogen and oxygen atoms in total. The van der Waals surface area contributed by atoms with Gasteiger partial charge in [-0.15, -0.1) is 0 Å². The molecule has 2 fully saturated rings. The number of benzene rings is 2. The van der Waals surface area contributed by atoms with Crippen molar-refractivity contribution in [1.82, 2.24) is 0 Å². The molecule has 0 saturated heterocycles. The average molecular weight is 513 g/mol. The quantitative estimate of drug-likeness (QED) is 0.279. The van der Waals surface area contributed by atoms with Crippen molar-refractivity contribution in [3.8, 4) is 5.75 Å². The summed E-state index contributed by atoms with van der Waals surface area (Å²) in [5, 5.41) is 0. The Morgan fingerprint density at radius 1 is 0.868 bits per heavy atom. The maximum Gasteiger partial charge on any atom is 0.229 e. The Labute approximate surface area is 226 Å². The molecule has 2 aromatic rings. The summed E-state index contributed by atoms with van der Waals surface area (Å²) in [7, 11) is 1.60. The molecule has 0 spiro atoms. The lowest BCUT2D eigenvalue weighted by Crippen LogP contribution is -2.28. The Morgan fingerprint density at radius 2 is 1.53 bits per heavy atom. The van der Waals surface area contributed by atoms with E-state index in [2.05, 4.69) is 38.1 Å². The van der Waals surface area contributed by atoms with Gasteiger partial charge >= 0.3 is 0 Å². The first-order valence-electron chi connectivity index (χ1n) is 14.4. The summed E-state index contributed by atoms with van der Waals surface area (Å²) in [6.45, 7) is 4.32. The zero-order valence-electron chi connectivity index (χ0n) is 23.1. The van der Waals surface area contributed by atoms with Crippen LogP contribution < -0.4 is 4.74 Å². The van der Waals surface area contributed by atoms with Crippen molar-refractivity contribution < 1.29 is 19.1 Å². The van der Waals surface area contributed by atoms with Crippen molar-refractivity contribution in [2.45, 2.75) is 78.1 Å². The molecule has 0 unspecified atom stereocenters. The van der Waals surface area contributed by atoms with Crippen LogP contribution in [0.3, 0.4) is 0 Å². The molecule has 0 amide bonds. The minimum atomic E-state index is -0.386. The highest BCUT2D eigenvalue weighted by Crippen LogP contribution is 2.39. The molecule has 4 heteroatoms. The van der Waals surface area contributed by atoms with Gasteiger partial charge < -0.3 is 4.74 Å². The van der Waals surface area contributed by atoms with Crippen LogP contribution in [0, 0.1) is 30.6 Å². The fourth-order valence-electron chi connectivity index (χ4n) is 6.69. The summed E-state index contributed by atoms with van der Waals surface area (Å²) in [4.78, 5) is 40.1. The minimum Gasteiger partial charge on any atom is -0.496 e. The molecule has 3 aliphatic rings. The van der Waals surface area contributed by atoms with Gasteiger partial charge in [-0.2, -0.15) is 0 Å². The van der Waals surface area contributed by atoms with E-state index in [-0.39, 0.29) is 29.2 Å². The fraction of sp³-hybridized carbons (Fsp3) is 0.500. The van der Waals surface area contributed by atoms with Crippen LogP contribution in [-0.2, 0) is 22.4 Å². The van der Waals surface area contributed by atoms with Crippen molar-refractivity contribution >= 4 is 22.9 Å². The highest BCUT2D eigenvalue weighted by atomic mass is 16.5. The molecular weight excluding hydrogens is 472 g/mol. The molecule has 0 N–H and O–H groups in total. The van der Waals surface area contributed by atoms with E-state index in [9.17, 15) is 14.4 Å². The predicted molar refractivity (Wildman–Crippen MR) is 150 cm³/mol. The molecule has 3 aliphatic carbocycles. The van der Waals surface area contributed by atoms with Crippen molar-refractivity contribution in [1.29, 1.82) is 0 Å². The van der Waals surface area contributed by atoms with Crippen LogP contribution in [-0.4, -0.2) is 24.5 Å². The maximum atomic E-state index is 13.7. The molecule has 0 radical (unpaired) electrons. The molecule has 5 rings (SSSR count). The molecule has 2 aromatic carbocycles. The predicted octanol–water partition coefficient (Wildman–Crippen LogP) is 7.14. The molecule has 0 aromatic heterocycles. The lowest BCUT2D eigenvalue weighted by Gasteiger charge is -2.28. The Hall–Kier alpha value is -3.01. The van der Waals surface area contributed by atoms with E-state index in [0.29, 0.717) is 35.1 Å². The second-order valence-electron chi connectivity index (χ2n) is 12.0. The second kappa shape index (κ2) is 11.4. The summed E-state index contributed by atoms with van der Waals surface area (Å²) in [6, 6.07) is 12.5. The molecule has 38 heavy (non-hydrogen) atoms. The highest BCUT2D eigenvalue weighted by Gasteiger charge is 2.35. The molecule has 0 heterocycles. The van der Waals surface area contributed by atoms with E-state index in [1.807, 2.05) is 18.2 Å². The highest BCUT2D eigenvalue weighted by molar-refractivity contribution is 6.54. The van der Waals surface area contributed by atoms with Crippen molar-refractivity contribution in [2.75, 3.05) is 7.11 Å². The van der Waals surface area contributed by atoms with Crippen LogP contribution in [0.4, 0.5) is 0 Å². The van der Waals surface area contributed by atoms with Crippen molar-refractivity contribution in [3.63, 3.8) is 0 Å². The number of ketones is 3. The third kappa shape index (κ3) is 5.55. The van der Waals surface area contributed by atoms with Gasteiger partial charge in [-0.3, -0.25) is 14.4 Å². The molecule has 200 valence electrons. The first-order chi connectivity index (χ1) is 18.3. The number of ether oxygens (including phenoxy) is 1. The Morgan fingerprint density at radius 3 is 2.18 bits per heavy atom. The molecule has 0 atom stereocenters. The Balaban J connectivity index is 1.28. The lowest BCUT2D eigenvalue weighted by atomic mass is 9.76. The number of hydrogen-bond donors (Lipinski definition) is 0. The summed E-state index contributed by atoms with van der Waals surface area (Å²) in [6.07, 6.45) is 10.9. The first-order valence-corrected chi connectivity index (χ1v) is 14.4. The summed E-state index contributed by atoms with van der Waals surface area (Å²) >= 11 is 0. The van der Waals surface area contributed by atoms with E-state index in [1.165, 1.54) is 11.1 Å². The van der Waals surface area contributed by atoms with Crippen LogP contribution in [0.1, 0.15) is 90.9 Å². The fourth-order valence-corrected chi connectivity index (χ4v) is 6.69. The number of carbonyl (C=O) groups is 3. The number of carbonyl (C=O) groups excluding carboxylic acids is 3. The van der Waals surface area contributed by atoms with Gasteiger partial charge in [-0.1, -0.05) is 55.7 Å². The maximum absolute atomic E-state index is 13.7. The number of allylic oxidation sites excluding steroid dienone is 2. The van der Waals surface area contributed by atoms with E-state index >= 15 is 0 Å². The third-order valence-electron chi connectivity index (χ3n) is 9.22. The normalized spacial score (nSPS) is 24.9. The van der Waals surface area contributed by atoms with E-state index in [1.54, 1.807) is 7.11 Å². The number of aryl methyl sites for hydroxylation is 1. The third-order valence-corrected chi connectivity index (χ3v) is 9.22. The lowest BCUT2D eigenvalue weighted by molar-refractivity contribution is -0.136. The Bertz CT molecular complexity index is 1240. The van der Waals surface area contributed by atoms with Gasteiger partial charge in [0, 0.05) is 17.4 Å². The van der Waals surface area contributed by atoms with E-state index in [4.69, 9.17) is 4.74 Å². The van der Waals surface area contributed by atoms with Crippen molar-refractivity contribution in [2.24, 2.45) is 23.7 Å².